The third kappa shape index (κ3) is 5.64. The summed E-state index contributed by atoms with van der Waals surface area (Å²) in [6.45, 7) is 3.33. The highest BCUT2D eigenvalue weighted by Crippen LogP contribution is 2.22. The second kappa shape index (κ2) is 10.6. The van der Waals surface area contributed by atoms with Crippen LogP contribution in [0.1, 0.15) is 39.3 Å². The molecule has 0 saturated heterocycles. The van der Waals surface area contributed by atoms with Crippen LogP contribution >= 0.6 is 11.3 Å². The van der Waals surface area contributed by atoms with Crippen LogP contribution < -0.4 is 5.32 Å². The van der Waals surface area contributed by atoms with Crippen LogP contribution in [0.4, 0.5) is 5.00 Å². The number of nitriles is 1. The largest absolute Gasteiger partial charge is 0.469 e. The first-order valence-corrected chi connectivity index (χ1v) is 10.9. The van der Waals surface area contributed by atoms with Gasteiger partial charge in [-0.3, -0.25) is 9.59 Å². The lowest BCUT2D eigenvalue weighted by Crippen LogP contribution is -2.20. The van der Waals surface area contributed by atoms with Crippen molar-refractivity contribution in [3.63, 3.8) is 0 Å². The number of hydrogen-bond acceptors (Lipinski definition) is 8. The second-order valence-corrected chi connectivity index (χ2v) is 8.00. The number of ether oxygens (including phenoxy) is 2. The molecule has 33 heavy (non-hydrogen) atoms. The number of carbonyl (C=O) groups is 3. The van der Waals surface area contributed by atoms with Crippen LogP contribution in [0, 0.1) is 25.2 Å². The highest BCUT2D eigenvalue weighted by Gasteiger charge is 2.16. The molecule has 1 aromatic carbocycles. The van der Waals surface area contributed by atoms with E-state index in [1.54, 1.807) is 40.4 Å². The molecule has 0 fully saturated rings. The fraction of sp³-hybridized carbons (Fsp3) is 0.261. The number of aryl methyl sites for hydroxylation is 1. The Bertz CT molecular complexity index is 1220. The molecule has 2 heterocycles. The fourth-order valence-corrected chi connectivity index (χ4v) is 3.98. The van der Waals surface area contributed by atoms with Gasteiger partial charge in [0, 0.05) is 12.1 Å². The number of anilines is 1. The predicted octanol–water partition coefficient (Wildman–Crippen LogP) is 3.32. The Morgan fingerprint density at radius 3 is 2.58 bits per heavy atom. The zero-order valence-corrected chi connectivity index (χ0v) is 19.2. The Labute approximate surface area is 194 Å². The van der Waals surface area contributed by atoms with Gasteiger partial charge in [-0.2, -0.15) is 10.4 Å². The summed E-state index contributed by atoms with van der Waals surface area (Å²) in [7, 11) is 1.36. The molecule has 9 nitrogen and oxygen atoms in total. The fourth-order valence-electron chi connectivity index (χ4n) is 3.23. The summed E-state index contributed by atoms with van der Waals surface area (Å²) in [4.78, 5) is 35.8. The highest BCUT2D eigenvalue weighted by molar-refractivity contribution is 7.14. The lowest BCUT2D eigenvalue weighted by molar-refractivity contribution is -0.140. The Kier molecular flexibility index (Phi) is 7.58. The summed E-state index contributed by atoms with van der Waals surface area (Å²) in [5.41, 5.74) is 4.07. The molecular formula is C23H22N4O5S. The maximum absolute atomic E-state index is 12.3. The van der Waals surface area contributed by atoms with Crippen LogP contribution in [0.3, 0.4) is 0 Å². The van der Waals surface area contributed by atoms with Gasteiger partial charge >= 0.3 is 11.9 Å². The molecule has 0 atom stereocenters. The molecule has 0 aliphatic carbocycles. The highest BCUT2D eigenvalue weighted by atomic mass is 32.1. The first-order chi connectivity index (χ1) is 15.8. The van der Waals surface area contributed by atoms with Gasteiger partial charge in [0.15, 0.2) is 6.61 Å². The lowest BCUT2D eigenvalue weighted by Gasteiger charge is -2.08. The first kappa shape index (κ1) is 23.7. The van der Waals surface area contributed by atoms with E-state index >= 15 is 0 Å². The number of benzene rings is 1. The molecule has 0 bridgehead atoms. The summed E-state index contributed by atoms with van der Waals surface area (Å²) >= 11 is 1.22. The predicted molar refractivity (Wildman–Crippen MR) is 121 cm³/mol. The van der Waals surface area contributed by atoms with Crippen molar-refractivity contribution in [2.24, 2.45) is 0 Å². The average molecular weight is 467 g/mol. The van der Waals surface area contributed by atoms with Gasteiger partial charge in [0.05, 0.1) is 29.6 Å². The third-order valence-corrected chi connectivity index (χ3v) is 5.80. The summed E-state index contributed by atoms with van der Waals surface area (Å²) in [6, 6.07) is 10.2. The van der Waals surface area contributed by atoms with Gasteiger partial charge < -0.3 is 14.8 Å². The molecule has 1 N–H and O–H groups in total. The van der Waals surface area contributed by atoms with Gasteiger partial charge in [-0.25, -0.2) is 9.48 Å². The van der Waals surface area contributed by atoms with Crippen molar-refractivity contribution in [1.29, 1.82) is 5.26 Å². The van der Waals surface area contributed by atoms with E-state index < -0.39 is 18.5 Å². The first-order valence-electron chi connectivity index (χ1n) is 10.0. The Hall–Kier alpha value is -3.97. The number of thiophene rings is 1. The van der Waals surface area contributed by atoms with Crippen molar-refractivity contribution in [2.75, 3.05) is 19.0 Å². The van der Waals surface area contributed by atoms with E-state index in [0.29, 0.717) is 17.0 Å². The van der Waals surface area contributed by atoms with Crippen LogP contribution in [0.2, 0.25) is 0 Å². The Balaban J connectivity index is 1.62. The SMILES string of the molecule is COC(=O)CCc1c(C)nn(-c2ccc(C(=O)OCC(=O)Nc3sccc3C#N)cc2)c1C. The second-order valence-electron chi connectivity index (χ2n) is 7.08. The summed E-state index contributed by atoms with van der Waals surface area (Å²) in [5, 5.41) is 18.2. The summed E-state index contributed by atoms with van der Waals surface area (Å²) in [6.07, 6.45) is 0.796. The van der Waals surface area contributed by atoms with Crippen molar-refractivity contribution in [3.8, 4) is 11.8 Å². The van der Waals surface area contributed by atoms with Crippen LogP contribution in [0.15, 0.2) is 35.7 Å². The third-order valence-electron chi connectivity index (χ3n) is 4.97. The maximum Gasteiger partial charge on any atom is 0.338 e. The molecule has 0 radical (unpaired) electrons. The van der Waals surface area contributed by atoms with Crippen molar-refractivity contribution in [2.45, 2.75) is 26.7 Å². The smallest absolute Gasteiger partial charge is 0.338 e. The molecule has 2 aromatic heterocycles. The van der Waals surface area contributed by atoms with Crippen molar-refractivity contribution >= 4 is 34.2 Å². The van der Waals surface area contributed by atoms with Gasteiger partial charge in [0.2, 0.25) is 0 Å². The molecule has 0 spiro atoms. The van der Waals surface area contributed by atoms with E-state index in [9.17, 15) is 14.4 Å². The monoisotopic (exact) mass is 466 g/mol. The lowest BCUT2D eigenvalue weighted by atomic mass is 10.1. The Morgan fingerprint density at radius 2 is 1.91 bits per heavy atom. The van der Waals surface area contributed by atoms with E-state index in [-0.39, 0.29) is 18.0 Å². The number of carbonyl (C=O) groups excluding carboxylic acids is 3. The number of nitrogens with zero attached hydrogens (tertiary/aromatic N) is 3. The average Bonchev–Trinajstić information content (AvgIpc) is 3.38. The molecule has 170 valence electrons. The van der Waals surface area contributed by atoms with E-state index in [1.807, 2.05) is 19.9 Å². The maximum atomic E-state index is 12.3. The van der Waals surface area contributed by atoms with E-state index in [0.717, 1.165) is 22.6 Å². The van der Waals surface area contributed by atoms with Crippen LogP contribution in [-0.4, -0.2) is 41.3 Å². The zero-order chi connectivity index (χ0) is 24.0. The minimum atomic E-state index is -0.643. The summed E-state index contributed by atoms with van der Waals surface area (Å²) in [5.74, 6) is -1.45. The van der Waals surface area contributed by atoms with Crippen molar-refractivity contribution in [3.05, 3.63) is 63.8 Å². The van der Waals surface area contributed by atoms with Crippen molar-refractivity contribution in [1.82, 2.24) is 9.78 Å². The number of amides is 1. The van der Waals surface area contributed by atoms with Gasteiger partial charge in [0.1, 0.15) is 11.1 Å². The van der Waals surface area contributed by atoms with E-state index in [4.69, 9.17) is 14.7 Å². The zero-order valence-electron chi connectivity index (χ0n) is 18.4. The van der Waals surface area contributed by atoms with E-state index in [2.05, 4.69) is 10.4 Å². The molecule has 0 saturated carbocycles. The molecule has 0 unspecified atom stereocenters. The number of nitrogens with one attached hydrogen (secondary N) is 1. The van der Waals surface area contributed by atoms with Gasteiger partial charge in [0.25, 0.3) is 5.91 Å². The molecule has 0 aliphatic rings. The molecule has 3 aromatic rings. The van der Waals surface area contributed by atoms with Gasteiger partial charge in [-0.05, 0) is 61.5 Å². The summed E-state index contributed by atoms with van der Waals surface area (Å²) < 4.78 is 11.5. The Morgan fingerprint density at radius 1 is 1.18 bits per heavy atom. The molecule has 3 rings (SSSR count). The number of aromatic nitrogens is 2. The van der Waals surface area contributed by atoms with Crippen LogP contribution in [0.25, 0.3) is 5.69 Å². The molecular weight excluding hydrogens is 444 g/mol. The normalized spacial score (nSPS) is 10.4. The quantitative estimate of drug-likeness (QED) is 0.505. The minimum Gasteiger partial charge on any atom is -0.469 e. The number of rotatable bonds is 8. The number of methoxy groups -OCH3 is 1. The molecule has 1 amide bonds. The minimum absolute atomic E-state index is 0.270. The topological polar surface area (TPSA) is 123 Å². The molecule has 0 aliphatic heterocycles. The van der Waals surface area contributed by atoms with Gasteiger partial charge in [-0.1, -0.05) is 0 Å². The van der Waals surface area contributed by atoms with Crippen LogP contribution in [0.5, 0.6) is 0 Å². The van der Waals surface area contributed by atoms with Gasteiger partial charge in [-0.15, -0.1) is 11.3 Å². The van der Waals surface area contributed by atoms with Crippen molar-refractivity contribution < 1.29 is 23.9 Å². The number of hydrogen-bond donors (Lipinski definition) is 1. The standard InChI is InChI=1S/C23H22N4O5S/c1-14-19(8-9-21(29)31-3)15(2)27(26-14)18-6-4-16(5-7-18)23(30)32-13-20(28)25-22-17(12-24)10-11-33-22/h4-7,10-11H,8-9,13H2,1-3H3,(H,25,28). The van der Waals surface area contributed by atoms with Crippen LogP contribution in [-0.2, 0) is 25.5 Å². The van der Waals surface area contributed by atoms with E-state index in [1.165, 1.54) is 18.4 Å². The molecule has 10 heteroatoms. The number of esters is 2.